The molecule has 2 amide bonds. The van der Waals surface area contributed by atoms with Crippen molar-refractivity contribution >= 4 is 40.3 Å². The summed E-state index contributed by atoms with van der Waals surface area (Å²) < 4.78 is 5.43. The molecule has 1 fully saturated rings. The van der Waals surface area contributed by atoms with Crippen molar-refractivity contribution in [2.45, 2.75) is 6.92 Å². The van der Waals surface area contributed by atoms with Crippen LogP contribution in [0.25, 0.3) is 39.2 Å². The Hall–Kier alpha value is -5.41. The topological polar surface area (TPSA) is 108 Å². The maximum absolute atomic E-state index is 13.4. The van der Waals surface area contributed by atoms with Crippen molar-refractivity contribution in [1.29, 1.82) is 0 Å². The predicted octanol–water partition coefficient (Wildman–Crippen LogP) is 5.35. The quantitative estimate of drug-likeness (QED) is 0.292. The van der Waals surface area contributed by atoms with Gasteiger partial charge in [0, 0.05) is 48.3 Å². The maximum Gasteiger partial charge on any atom is 0.254 e. The number of allylic oxidation sites excluding steroid dienone is 1. The van der Waals surface area contributed by atoms with Crippen LogP contribution in [-0.4, -0.2) is 64.0 Å². The molecule has 1 N–H and O–H groups in total. The third-order valence-corrected chi connectivity index (χ3v) is 7.84. The number of ether oxygens (including phenoxy) is 1. The van der Waals surface area contributed by atoms with E-state index in [1.807, 2.05) is 42.6 Å². The lowest BCUT2D eigenvalue weighted by Crippen LogP contribution is -2.40. The van der Waals surface area contributed by atoms with E-state index in [4.69, 9.17) is 9.72 Å². The van der Waals surface area contributed by atoms with Gasteiger partial charge in [0.2, 0.25) is 11.7 Å². The Morgan fingerprint density at radius 1 is 0.907 bits per heavy atom. The highest BCUT2D eigenvalue weighted by atomic mass is 16.5. The Morgan fingerprint density at radius 2 is 1.72 bits per heavy atom. The van der Waals surface area contributed by atoms with E-state index in [-0.39, 0.29) is 23.3 Å². The molecule has 9 heteroatoms. The molecule has 2 aromatic heterocycles. The lowest BCUT2D eigenvalue weighted by molar-refractivity contribution is -0.116. The zero-order chi connectivity index (χ0) is 29.5. The summed E-state index contributed by atoms with van der Waals surface area (Å²) in [4.78, 5) is 47.6. The van der Waals surface area contributed by atoms with Crippen LogP contribution in [0.2, 0.25) is 0 Å². The molecule has 0 bridgehead atoms. The van der Waals surface area contributed by atoms with E-state index in [2.05, 4.69) is 16.3 Å². The van der Waals surface area contributed by atoms with Crippen molar-refractivity contribution in [3.8, 4) is 22.3 Å². The Bertz CT molecular complexity index is 1940. The van der Waals surface area contributed by atoms with Crippen LogP contribution in [0.15, 0.2) is 90.9 Å². The smallest absolute Gasteiger partial charge is 0.254 e. The Balaban J connectivity index is 1.39. The number of carbonyl (C=O) groups excluding carboxylic acids is 3. The number of nitrogens with zero attached hydrogens (tertiary/aromatic N) is 4. The van der Waals surface area contributed by atoms with Gasteiger partial charge in [-0.2, -0.15) is 5.10 Å². The van der Waals surface area contributed by atoms with E-state index in [1.165, 1.54) is 11.8 Å². The van der Waals surface area contributed by atoms with Crippen LogP contribution in [0.3, 0.4) is 0 Å². The summed E-state index contributed by atoms with van der Waals surface area (Å²) in [6.45, 7) is 3.57. The van der Waals surface area contributed by atoms with Crippen LogP contribution >= 0.6 is 0 Å². The van der Waals surface area contributed by atoms with Crippen LogP contribution in [0.4, 0.5) is 5.69 Å². The number of aromatic nitrogens is 3. The fraction of sp³-hybridized carbons (Fsp3) is 0.147. The Morgan fingerprint density at radius 3 is 2.51 bits per heavy atom. The number of Topliss-reactive ketones (excluding diaryl/α,β-unsaturated/α-hetero) is 1. The molecule has 43 heavy (non-hydrogen) atoms. The SMILES string of the molecule is CC(=O)N1/C(=C/c2cc(-c3cccc(-c4cn[nH]c4)c3)c3cc(C(=O)N4CCOCC4)ccc3n2)C(=O)c2ccccc21. The number of H-pyrrole nitrogens is 1. The molecule has 212 valence electrons. The summed E-state index contributed by atoms with van der Waals surface area (Å²) in [7, 11) is 0. The van der Waals surface area contributed by atoms with Crippen molar-refractivity contribution in [3.63, 3.8) is 0 Å². The third kappa shape index (κ3) is 4.79. The molecule has 0 aliphatic carbocycles. The maximum atomic E-state index is 13.4. The first-order valence-electron chi connectivity index (χ1n) is 14.1. The minimum atomic E-state index is -0.260. The molecule has 4 heterocycles. The monoisotopic (exact) mass is 569 g/mol. The van der Waals surface area contributed by atoms with E-state index in [0.29, 0.717) is 54.3 Å². The summed E-state index contributed by atoms with van der Waals surface area (Å²) in [6, 6.07) is 22.5. The van der Waals surface area contributed by atoms with Gasteiger partial charge in [0.05, 0.1) is 42.0 Å². The summed E-state index contributed by atoms with van der Waals surface area (Å²) in [5.74, 6) is -0.548. The average Bonchev–Trinajstić information content (AvgIpc) is 3.68. The minimum absolute atomic E-state index is 0.0547. The molecule has 0 radical (unpaired) electrons. The Kier molecular flexibility index (Phi) is 6.64. The molecule has 0 spiro atoms. The van der Waals surface area contributed by atoms with Crippen LogP contribution in [0.5, 0.6) is 0 Å². The number of fused-ring (bicyclic) bond motifs is 2. The number of amides is 2. The van der Waals surface area contributed by atoms with Crippen molar-refractivity contribution in [2.75, 3.05) is 31.2 Å². The molecular formula is C34H27N5O4. The zero-order valence-corrected chi connectivity index (χ0v) is 23.4. The fourth-order valence-electron chi connectivity index (χ4n) is 5.76. The molecule has 9 nitrogen and oxygen atoms in total. The number of pyridine rings is 1. The largest absolute Gasteiger partial charge is 0.378 e. The fourth-order valence-corrected chi connectivity index (χ4v) is 5.76. The molecule has 5 aromatic rings. The van der Waals surface area contributed by atoms with E-state index < -0.39 is 0 Å². The number of para-hydroxylation sites is 1. The second kappa shape index (κ2) is 10.8. The first-order valence-corrected chi connectivity index (χ1v) is 14.1. The van der Waals surface area contributed by atoms with E-state index in [0.717, 1.165) is 27.6 Å². The second-order valence-electron chi connectivity index (χ2n) is 10.5. The predicted molar refractivity (Wildman–Crippen MR) is 163 cm³/mol. The number of ketones is 1. The van der Waals surface area contributed by atoms with Crippen molar-refractivity contribution in [3.05, 3.63) is 108 Å². The highest BCUT2D eigenvalue weighted by Gasteiger charge is 2.34. The minimum Gasteiger partial charge on any atom is -0.378 e. The van der Waals surface area contributed by atoms with Gasteiger partial charge < -0.3 is 9.64 Å². The lowest BCUT2D eigenvalue weighted by Gasteiger charge is -2.27. The first-order chi connectivity index (χ1) is 21.0. The van der Waals surface area contributed by atoms with Gasteiger partial charge in [0.25, 0.3) is 5.91 Å². The zero-order valence-electron chi connectivity index (χ0n) is 23.4. The summed E-state index contributed by atoms with van der Waals surface area (Å²) in [5.41, 5.74) is 6.70. The number of morpholine rings is 1. The highest BCUT2D eigenvalue weighted by Crippen LogP contribution is 2.37. The number of benzene rings is 3. The number of hydrogen-bond acceptors (Lipinski definition) is 6. The van der Waals surface area contributed by atoms with Gasteiger partial charge in [0.15, 0.2) is 0 Å². The molecule has 1 saturated heterocycles. The molecule has 2 aliphatic rings. The number of rotatable bonds is 4. The molecule has 0 atom stereocenters. The second-order valence-corrected chi connectivity index (χ2v) is 10.5. The first kappa shape index (κ1) is 26.5. The third-order valence-electron chi connectivity index (χ3n) is 7.84. The van der Waals surface area contributed by atoms with Crippen molar-refractivity contribution < 1.29 is 19.1 Å². The van der Waals surface area contributed by atoms with Gasteiger partial charge in [-0.25, -0.2) is 4.98 Å². The van der Waals surface area contributed by atoms with Gasteiger partial charge in [-0.1, -0.05) is 30.3 Å². The molecule has 3 aromatic carbocycles. The number of aromatic amines is 1. The van der Waals surface area contributed by atoms with Crippen molar-refractivity contribution in [1.82, 2.24) is 20.1 Å². The molecule has 0 unspecified atom stereocenters. The number of nitrogens with one attached hydrogen (secondary N) is 1. The van der Waals surface area contributed by atoms with Gasteiger partial charge >= 0.3 is 0 Å². The highest BCUT2D eigenvalue weighted by molar-refractivity contribution is 6.26. The van der Waals surface area contributed by atoms with Crippen LogP contribution < -0.4 is 4.90 Å². The van der Waals surface area contributed by atoms with Crippen LogP contribution in [0, 0.1) is 0 Å². The van der Waals surface area contributed by atoms with E-state index in [9.17, 15) is 14.4 Å². The standard InChI is InChI=1S/C34H27N5O4/c1-21(40)39-31-8-3-2-7-27(31)33(41)32(39)18-26-17-28(23-6-4-5-22(15-23)25-19-35-36-20-25)29-16-24(9-10-30(29)37-26)34(42)38-11-13-43-14-12-38/h2-10,15-20H,11-14H2,1H3,(H,35,36)/b32-18+. The van der Waals surface area contributed by atoms with Crippen molar-refractivity contribution in [2.24, 2.45) is 0 Å². The van der Waals surface area contributed by atoms with E-state index in [1.54, 1.807) is 47.5 Å². The van der Waals surface area contributed by atoms with Crippen LogP contribution in [0.1, 0.15) is 33.3 Å². The Labute approximate surface area is 247 Å². The summed E-state index contributed by atoms with van der Waals surface area (Å²) >= 11 is 0. The van der Waals surface area contributed by atoms with E-state index >= 15 is 0 Å². The number of carbonyl (C=O) groups is 3. The lowest BCUT2D eigenvalue weighted by atomic mass is 9.95. The van der Waals surface area contributed by atoms with Gasteiger partial charge in [0.1, 0.15) is 0 Å². The summed E-state index contributed by atoms with van der Waals surface area (Å²) in [5, 5.41) is 7.75. The van der Waals surface area contributed by atoms with Gasteiger partial charge in [-0.15, -0.1) is 0 Å². The average molecular weight is 570 g/mol. The molecular weight excluding hydrogens is 542 g/mol. The number of hydrogen-bond donors (Lipinski definition) is 1. The van der Waals surface area contributed by atoms with Gasteiger partial charge in [-0.05, 0) is 65.2 Å². The molecule has 0 saturated carbocycles. The number of anilines is 1. The van der Waals surface area contributed by atoms with Gasteiger partial charge in [-0.3, -0.25) is 24.4 Å². The normalized spacial score (nSPS) is 15.7. The molecule has 2 aliphatic heterocycles. The molecule has 7 rings (SSSR count). The van der Waals surface area contributed by atoms with Crippen LogP contribution in [-0.2, 0) is 9.53 Å². The summed E-state index contributed by atoms with van der Waals surface area (Å²) in [6.07, 6.45) is 5.26.